The number of hydrogen-bond donors (Lipinski definition) is 2. The van der Waals surface area contributed by atoms with Gasteiger partial charge in [-0.05, 0) is 17.5 Å². The first-order valence-corrected chi connectivity index (χ1v) is 4.49. The number of carbonyl (C=O) groups is 1. The van der Waals surface area contributed by atoms with Crippen LogP contribution in [-0.2, 0) is 11.2 Å². The van der Waals surface area contributed by atoms with E-state index in [-0.39, 0.29) is 5.12 Å². The van der Waals surface area contributed by atoms with Crippen molar-refractivity contribution in [2.24, 2.45) is 0 Å². The summed E-state index contributed by atoms with van der Waals surface area (Å²) in [5.41, 5.74) is 1.98. The molecule has 0 spiro atoms. The molecule has 0 saturated heterocycles. The van der Waals surface area contributed by atoms with E-state index >= 15 is 0 Å². The molecule has 0 saturated carbocycles. The molecule has 0 bridgehead atoms. The molecule has 0 aliphatic heterocycles. The molecule has 1 aromatic heterocycles. The van der Waals surface area contributed by atoms with E-state index in [0.29, 0.717) is 6.42 Å². The summed E-state index contributed by atoms with van der Waals surface area (Å²) in [6.45, 7) is 0. The molecule has 0 aliphatic carbocycles. The Morgan fingerprint density at radius 1 is 1.38 bits per heavy atom. The van der Waals surface area contributed by atoms with Crippen molar-refractivity contribution in [3.05, 3.63) is 36.0 Å². The minimum atomic E-state index is -0.119. The van der Waals surface area contributed by atoms with Crippen molar-refractivity contribution in [3.63, 3.8) is 0 Å². The molecule has 0 atom stereocenters. The van der Waals surface area contributed by atoms with Crippen molar-refractivity contribution in [2.45, 2.75) is 6.42 Å². The summed E-state index contributed by atoms with van der Waals surface area (Å²) in [4.78, 5) is 13.9. The SMILES string of the molecule is O=C(S)Cc1cc2ccccc2[nH]1. The third-order valence-corrected chi connectivity index (χ3v) is 2.09. The predicted molar refractivity (Wildman–Crippen MR) is 56.0 cm³/mol. The van der Waals surface area contributed by atoms with E-state index < -0.39 is 0 Å². The Balaban J connectivity index is 2.44. The van der Waals surface area contributed by atoms with E-state index in [0.717, 1.165) is 16.6 Å². The zero-order chi connectivity index (χ0) is 9.26. The first-order valence-electron chi connectivity index (χ1n) is 4.04. The summed E-state index contributed by atoms with van der Waals surface area (Å²) >= 11 is 3.73. The number of aromatic nitrogens is 1. The number of aromatic amines is 1. The Labute approximate surface area is 81.4 Å². The second kappa shape index (κ2) is 3.26. The summed E-state index contributed by atoms with van der Waals surface area (Å²) in [5, 5.41) is 1.01. The van der Waals surface area contributed by atoms with Crippen molar-refractivity contribution < 1.29 is 4.79 Å². The lowest BCUT2D eigenvalue weighted by Crippen LogP contribution is -1.92. The second-order valence-corrected chi connectivity index (χ2v) is 3.45. The molecule has 0 unspecified atom stereocenters. The highest BCUT2D eigenvalue weighted by Gasteiger charge is 2.02. The largest absolute Gasteiger partial charge is 0.358 e. The highest BCUT2D eigenvalue weighted by atomic mass is 32.1. The van der Waals surface area contributed by atoms with Gasteiger partial charge in [-0.2, -0.15) is 0 Å². The van der Waals surface area contributed by atoms with Crippen LogP contribution >= 0.6 is 12.6 Å². The molecule has 2 aromatic rings. The van der Waals surface area contributed by atoms with Crippen molar-refractivity contribution >= 4 is 28.6 Å². The van der Waals surface area contributed by atoms with Gasteiger partial charge in [-0.25, -0.2) is 0 Å². The Bertz CT molecular complexity index is 414. The lowest BCUT2D eigenvalue weighted by molar-refractivity contribution is -0.110. The zero-order valence-corrected chi connectivity index (χ0v) is 7.84. The average Bonchev–Trinajstić information content (AvgIpc) is 2.44. The highest BCUT2D eigenvalue weighted by molar-refractivity contribution is 7.96. The number of hydrogen-bond acceptors (Lipinski definition) is 1. The van der Waals surface area contributed by atoms with Gasteiger partial charge < -0.3 is 4.98 Å². The Kier molecular flexibility index (Phi) is 2.10. The van der Waals surface area contributed by atoms with Crippen LogP contribution in [0.2, 0.25) is 0 Å². The van der Waals surface area contributed by atoms with Crippen molar-refractivity contribution in [1.82, 2.24) is 4.98 Å². The number of rotatable bonds is 2. The second-order valence-electron chi connectivity index (χ2n) is 2.95. The number of fused-ring (bicyclic) bond motifs is 1. The van der Waals surface area contributed by atoms with E-state index in [9.17, 15) is 4.79 Å². The summed E-state index contributed by atoms with van der Waals surface area (Å²) in [6, 6.07) is 9.91. The van der Waals surface area contributed by atoms with E-state index in [1.165, 1.54) is 0 Å². The van der Waals surface area contributed by atoms with Gasteiger partial charge in [-0.3, -0.25) is 4.79 Å². The molecular weight excluding hydrogens is 182 g/mol. The van der Waals surface area contributed by atoms with Gasteiger partial charge in [0.15, 0.2) is 5.12 Å². The standard InChI is InChI=1S/C10H9NOS/c12-10(13)6-8-5-7-3-1-2-4-9(7)11-8/h1-5,11H,6H2,(H,12,13). The van der Waals surface area contributed by atoms with Crippen LogP contribution in [0.1, 0.15) is 5.69 Å². The molecule has 0 aliphatic rings. The van der Waals surface area contributed by atoms with Crippen LogP contribution in [0.3, 0.4) is 0 Å². The monoisotopic (exact) mass is 191 g/mol. The van der Waals surface area contributed by atoms with Gasteiger partial charge in [-0.1, -0.05) is 18.2 Å². The summed E-state index contributed by atoms with van der Waals surface area (Å²) in [6.07, 6.45) is 0.359. The molecule has 0 radical (unpaired) electrons. The quantitative estimate of drug-likeness (QED) is 0.701. The van der Waals surface area contributed by atoms with Gasteiger partial charge in [-0.15, -0.1) is 12.6 Å². The van der Waals surface area contributed by atoms with Gasteiger partial charge in [0, 0.05) is 11.2 Å². The van der Waals surface area contributed by atoms with Crippen LogP contribution in [0.15, 0.2) is 30.3 Å². The van der Waals surface area contributed by atoms with Crippen molar-refractivity contribution in [1.29, 1.82) is 0 Å². The number of thiol groups is 1. The Hall–Kier alpha value is -1.22. The zero-order valence-electron chi connectivity index (χ0n) is 6.95. The fraction of sp³-hybridized carbons (Fsp3) is 0.100. The predicted octanol–water partition coefficient (Wildman–Crippen LogP) is 2.17. The van der Waals surface area contributed by atoms with Crippen LogP contribution in [-0.4, -0.2) is 10.1 Å². The first-order chi connectivity index (χ1) is 6.25. The van der Waals surface area contributed by atoms with E-state index in [2.05, 4.69) is 17.6 Å². The fourth-order valence-corrected chi connectivity index (χ4v) is 1.56. The lowest BCUT2D eigenvalue weighted by Gasteiger charge is -1.88. The summed E-state index contributed by atoms with van der Waals surface area (Å²) in [5.74, 6) is 0. The number of carbonyl (C=O) groups excluding carboxylic acids is 1. The van der Waals surface area contributed by atoms with E-state index in [1.807, 2.05) is 30.3 Å². The average molecular weight is 191 g/mol. The van der Waals surface area contributed by atoms with Gasteiger partial charge >= 0.3 is 0 Å². The normalized spacial score (nSPS) is 10.5. The maximum atomic E-state index is 10.7. The third-order valence-electron chi connectivity index (χ3n) is 1.93. The Morgan fingerprint density at radius 2 is 2.15 bits per heavy atom. The minimum absolute atomic E-state index is 0.119. The molecule has 66 valence electrons. The minimum Gasteiger partial charge on any atom is -0.358 e. The number of para-hydroxylation sites is 1. The molecule has 13 heavy (non-hydrogen) atoms. The molecule has 0 amide bonds. The van der Waals surface area contributed by atoms with Crippen LogP contribution in [0.25, 0.3) is 10.9 Å². The molecule has 0 fully saturated rings. The van der Waals surface area contributed by atoms with Crippen LogP contribution < -0.4 is 0 Å². The van der Waals surface area contributed by atoms with Crippen LogP contribution in [0.4, 0.5) is 0 Å². The molecular formula is C10H9NOS. The fourth-order valence-electron chi connectivity index (χ4n) is 1.39. The Morgan fingerprint density at radius 3 is 2.85 bits per heavy atom. The summed E-state index contributed by atoms with van der Waals surface area (Å²) in [7, 11) is 0. The van der Waals surface area contributed by atoms with Crippen molar-refractivity contribution in [2.75, 3.05) is 0 Å². The topological polar surface area (TPSA) is 32.9 Å². The number of nitrogens with one attached hydrogen (secondary N) is 1. The molecule has 2 rings (SSSR count). The molecule has 1 N–H and O–H groups in total. The van der Waals surface area contributed by atoms with Gasteiger partial charge in [0.25, 0.3) is 0 Å². The molecule has 1 aromatic carbocycles. The van der Waals surface area contributed by atoms with E-state index in [1.54, 1.807) is 0 Å². The van der Waals surface area contributed by atoms with Gasteiger partial charge in [0.05, 0.1) is 6.42 Å². The summed E-state index contributed by atoms with van der Waals surface area (Å²) < 4.78 is 0. The molecule has 2 nitrogen and oxygen atoms in total. The third kappa shape index (κ3) is 1.75. The van der Waals surface area contributed by atoms with Crippen LogP contribution in [0, 0.1) is 0 Å². The smallest absolute Gasteiger partial charge is 0.191 e. The maximum absolute atomic E-state index is 10.7. The van der Waals surface area contributed by atoms with Gasteiger partial charge in [0.1, 0.15) is 0 Å². The van der Waals surface area contributed by atoms with Crippen molar-refractivity contribution in [3.8, 4) is 0 Å². The number of benzene rings is 1. The molecule has 3 heteroatoms. The van der Waals surface area contributed by atoms with Crippen LogP contribution in [0.5, 0.6) is 0 Å². The van der Waals surface area contributed by atoms with Gasteiger partial charge in [0.2, 0.25) is 0 Å². The van der Waals surface area contributed by atoms with E-state index in [4.69, 9.17) is 0 Å². The highest BCUT2D eigenvalue weighted by Crippen LogP contribution is 2.15. The lowest BCUT2D eigenvalue weighted by atomic mass is 10.2. The first kappa shape index (κ1) is 8.38. The maximum Gasteiger partial charge on any atom is 0.191 e. The number of H-pyrrole nitrogens is 1. The molecule has 1 heterocycles.